The maximum Gasteiger partial charge on any atom is 0.228 e. The highest BCUT2D eigenvalue weighted by Gasteiger charge is 2.49. The SMILES string of the molecule is CCC(CC(C)(C)N)(C(=O)NCCCN(C)C)C(C)(C)N. The molecule has 5 heteroatoms. The van der Waals surface area contributed by atoms with E-state index in [9.17, 15) is 4.79 Å². The molecule has 1 unspecified atom stereocenters. The van der Waals surface area contributed by atoms with Gasteiger partial charge < -0.3 is 21.7 Å². The number of nitrogens with zero attached hydrogens (tertiary/aromatic N) is 1. The van der Waals surface area contributed by atoms with Gasteiger partial charge in [-0.3, -0.25) is 4.79 Å². The van der Waals surface area contributed by atoms with Gasteiger partial charge in [-0.05, 0) is 67.6 Å². The van der Waals surface area contributed by atoms with Crippen molar-refractivity contribution in [2.45, 2.75) is 65.0 Å². The maximum absolute atomic E-state index is 12.8. The molecule has 0 aliphatic heterocycles. The molecule has 1 amide bonds. The predicted molar refractivity (Wildman–Crippen MR) is 90.1 cm³/mol. The van der Waals surface area contributed by atoms with Gasteiger partial charge in [-0.2, -0.15) is 0 Å². The van der Waals surface area contributed by atoms with Gasteiger partial charge in [0.05, 0.1) is 5.41 Å². The average Bonchev–Trinajstić information content (AvgIpc) is 2.28. The van der Waals surface area contributed by atoms with E-state index in [1.165, 1.54) is 0 Å². The molecule has 0 spiro atoms. The van der Waals surface area contributed by atoms with Crippen molar-refractivity contribution in [3.8, 4) is 0 Å². The van der Waals surface area contributed by atoms with E-state index in [0.717, 1.165) is 13.0 Å². The molecule has 0 aliphatic carbocycles. The molecule has 126 valence electrons. The number of amides is 1. The minimum atomic E-state index is -0.649. The molecule has 0 bridgehead atoms. The summed E-state index contributed by atoms with van der Waals surface area (Å²) in [5.74, 6) is 0.0229. The van der Waals surface area contributed by atoms with Crippen LogP contribution in [0.1, 0.15) is 53.9 Å². The quantitative estimate of drug-likeness (QED) is 0.561. The Kier molecular flexibility index (Phi) is 7.33. The number of carbonyl (C=O) groups excluding carboxylic acids is 1. The van der Waals surface area contributed by atoms with Crippen molar-refractivity contribution in [3.63, 3.8) is 0 Å². The Hall–Kier alpha value is -0.650. The van der Waals surface area contributed by atoms with Crippen LogP contribution in [0.3, 0.4) is 0 Å². The molecular formula is C16H36N4O. The molecule has 0 aromatic carbocycles. The van der Waals surface area contributed by atoms with Gasteiger partial charge in [0, 0.05) is 17.6 Å². The van der Waals surface area contributed by atoms with E-state index in [4.69, 9.17) is 11.5 Å². The van der Waals surface area contributed by atoms with Crippen molar-refractivity contribution in [1.82, 2.24) is 10.2 Å². The molecule has 0 saturated heterocycles. The highest BCUT2D eigenvalue weighted by Crippen LogP contribution is 2.40. The van der Waals surface area contributed by atoms with Crippen molar-refractivity contribution >= 4 is 5.91 Å². The van der Waals surface area contributed by atoms with E-state index < -0.39 is 16.5 Å². The third kappa shape index (κ3) is 6.32. The minimum Gasteiger partial charge on any atom is -0.356 e. The van der Waals surface area contributed by atoms with Crippen LogP contribution in [-0.4, -0.2) is 49.1 Å². The predicted octanol–water partition coefficient (Wildman–Crippen LogP) is 1.32. The zero-order chi connectivity index (χ0) is 16.9. The molecule has 5 nitrogen and oxygen atoms in total. The molecule has 0 rings (SSSR count). The number of hydrogen-bond acceptors (Lipinski definition) is 4. The van der Waals surface area contributed by atoms with Crippen molar-refractivity contribution < 1.29 is 4.79 Å². The van der Waals surface area contributed by atoms with Crippen LogP contribution in [-0.2, 0) is 4.79 Å². The van der Waals surface area contributed by atoms with Crippen LogP contribution in [0.4, 0.5) is 0 Å². The van der Waals surface area contributed by atoms with Crippen molar-refractivity contribution in [2.24, 2.45) is 16.9 Å². The van der Waals surface area contributed by atoms with E-state index in [1.54, 1.807) is 0 Å². The van der Waals surface area contributed by atoms with Gasteiger partial charge in [-0.1, -0.05) is 6.92 Å². The fraction of sp³-hybridized carbons (Fsp3) is 0.938. The molecule has 5 N–H and O–H groups in total. The van der Waals surface area contributed by atoms with Crippen molar-refractivity contribution in [2.75, 3.05) is 27.2 Å². The summed E-state index contributed by atoms with van der Waals surface area (Å²) in [4.78, 5) is 14.9. The summed E-state index contributed by atoms with van der Waals surface area (Å²) in [5, 5.41) is 3.06. The minimum absolute atomic E-state index is 0.0229. The Bertz CT molecular complexity index is 328. The van der Waals surface area contributed by atoms with Gasteiger partial charge in [-0.15, -0.1) is 0 Å². The summed E-state index contributed by atoms with van der Waals surface area (Å²) in [5.41, 5.74) is 10.8. The number of nitrogens with two attached hydrogens (primary N) is 2. The van der Waals surface area contributed by atoms with Gasteiger partial charge in [0.15, 0.2) is 0 Å². The summed E-state index contributed by atoms with van der Waals surface area (Å²) in [6.45, 7) is 11.4. The third-order valence-corrected chi connectivity index (χ3v) is 4.10. The molecule has 0 aromatic rings. The second kappa shape index (κ2) is 7.56. The first-order valence-corrected chi connectivity index (χ1v) is 7.86. The van der Waals surface area contributed by atoms with Crippen LogP contribution < -0.4 is 16.8 Å². The van der Waals surface area contributed by atoms with Crippen LogP contribution in [0.25, 0.3) is 0 Å². The Balaban J connectivity index is 5.00. The molecule has 0 aliphatic rings. The number of nitrogens with one attached hydrogen (secondary N) is 1. The first kappa shape index (κ1) is 20.3. The summed E-state index contributed by atoms with van der Waals surface area (Å²) in [7, 11) is 4.05. The zero-order valence-electron chi connectivity index (χ0n) is 15.0. The second-order valence-electron chi connectivity index (χ2n) is 7.74. The molecule has 0 radical (unpaired) electrons. The molecule has 1 atom stereocenters. The zero-order valence-corrected chi connectivity index (χ0v) is 15.0. The largest absolute Gasteiger partial charge is 0.356 e. The fourth-order valence-electron chi connectivity index (χ4n) is 2.89. The maximum atomic E-state index is 12.8. The molecular weight excluding hydrogens is 264 g/mol. The lowest BCUT2D eigenvalue weighted by atomic mass is 9.63. The Morgan fingerprint density at radius 2 is 1.67 bits per heavy atom. The van der Waals surface area contributed by atoms with Crippen molar-refractivity contribution in [3.05, 3.63) is 0 Å². The summed E-state index contributed by atoms with van der Waals surface area (Å²) in [6, 6.07) is 0. The topological polar surface area (TPSA) is 84.4 Å². The van der Waals surface area contributed by atoms with Gasteiger partial charge in [0.2, 0.25) is 5.91 Å². The lowest BCUT2D eigenvalue weighted by Crippen LogP contribution is -2.61. The smallest absolute Gasteiger partial charge is 0.228 e. The Labute approximate surface area is 130 Å². The Morgan fingerprint density at radius 1 is 1.14 bits per heavy atom. The summed E-state index contributed by atoms with van der Waals surface area (Å²) >= 11 is 0. The van der Waals surface area contributed by atoms with Crippen LogP contribution in [0, 0.1) is 5.41 Å². The monoisotopic (exact) mass is 300 g/mol. The Morgan fingerprint density at radius 3 is 2.00 bits per heavy atom. The van der Waals surface area contributed by atoms with Crippen molar-refractivity contribution in [1.29, 1.82) is 0 Å². The average molecular weight is 300 g/mol. The van der Waals surface area contributed by atoms with Crippen LogP contribution >= 0.6 is 0 Å². The highest BCUT2D eigenvalue weighted by molar-refractivity contribution is 5.84. The molecule has 21 heavy (non-hydrogen) atoms. The van der Waals surface area contributed by atoms with E-state index >= 15 is 0 Å². The summed E-state index contributed by atoms with van der Waals surface area (Å²) < 4.78 is 0. The van der Waals surface area contributed by atoms with Gasteiger partial charge in [0.1, 0.15) is 0 Å². The normalized spacial score (nSPS) is 15.9. The second-order valence-corrected chi connectivity index (χ2v) is 7.74. The standard InChI is InChI=1S/C16H36N4O/c1-8-16(15(4,5)18,12-14(2,3)17)13(21)19-10-9-11-20(6)7/h8-12,17-18H2,1-7H3,(H,19,21). The van der Waals surface area contributed by atoms with E-state index in [1.807, 2.05) is 48.7 Å². The lowest BCUT2D eigenvalue weighted by molar-refractivity contribution is -0.136. The molecule has 0 aromatic heterocycles. The highest BCUT2D eigenvalue weighted by atomic mass is 16.2. The summed E-state index contributed by atoms with van der Waals surface area (Å²) in [6.07, 6.45) is 2.17. The van der Waals surface area contributed by atoms with Gasteiger partial charge >= 0.3 is 0 Å². The van der Waals surface area contributed by atoms with Gasteiger partial charge in [-0.25, -0.2) is 0 Å². The van der Waals surface area contributed by atoms with Crippen LogP contribution in [0.2, 0.25) is 0 Å². The first-order valence-electron chi connectivity index (χ1n) is 7.86. The fourth-order valence-corrected chi connectivity index (χ4v) is 2.89. The van der Waals surface area contributed by atoms with Gasteiger partial charge in [0.25, 0.3) is 0 Å². The van der Waals surface area contributed by atoms with Crippen LogP contribution in [0.15, 0.2) is 0 Å². The number of rotatable bonds is 9. The van der Waals surface area contributed by atoms with E-state index in [-0.39, 0.29) is 5.91 Å². The first-order chi connectivity index (χ1) is 9.35. The third-order valence-electron chi connectivity index (χ3n) is 4.10. The lowest BCUT2D eigenvalue weighted by Gasteiger charge is -2.46. The molecule has 0 saturated carbocycles. The number of hydrogen-bond donors (Lipinski definition) is 3. The molecule has 0 fully saturated rings. The molecule has 0 heterocycles. The number of carbonyl (C=O) groups is 1. The van der Waals surface area contributed by atoms with E-state index in [2.05, 4.69) is 10.2 Å². The van der Waals surface area contributed by atoms with Crippen LogP contribution in [0.5, 0.6) is 0 Å². The van der Waals surface area contributed by atoms with E-state index in [0.29, 0.717) is 19.4 Å².